The smallest absolute Gasteiger partial charge is 0.481 e. The predicted octanol–water partition coefficient (Wildman–Crippen LogP) is 15.0. The molecule has 0 aliphatic heterocycles. The number of nitro groups is 2. The Kier molecular flexibility index (Phi) is 30.1. The maximum atomic E-state index is 14.2. The van der Waals surface area contributed by atoms with Gasteiger partial charge >= 0.3 is 19.8 Å². The molecule has 14 nitrogen and oxygen atoms in total. The highest BCUT2D eigenvalue weighted by Gasteiger charge is 2.32. The fourth-order valence-corrected chi connectivity index (χ4v) is 8.87. The van der Waals surface area contributed by atoms with E-state index in [1.54, 1.807) is 0 Å². The number of benzene rings is 2. The molecule has 0 heterocycles. The van der Waals surface area contributed by atoms with E-state index in [4.69, 9.17) is 23.8 Å². The molecule has 0 aliphatic carbocycles. The normalized spacial score (nSPS) is 11.9. The first-order valence-electron chi connectivity index (χ1n) is 23.5. The lowest BCUT2D eigenvalue weighted by Crippen LogP contribution is -2.13. The molecule has 2 N–H and O–H groups in total. The van der Waals surface area contributed by atoms with Crippen LogP contribution in [0.4, 0.5) is 11.4 Å². The average molecular weight is 891 g/mol. The average Bonchev–Trinajstić information content (AvgIpc) is 3.23. The van der Waals surface area contributed by atoms with Gasteiger partial charge in [0.15, 0.2) is 0 Å². The number of hydrogen-bond acceptors (Lipinski definition) is 10. The number of carboxylic acids is 2. The van der Waals surface area contributed by atoms with E-state index in [0.29, 0.717) is 0 Å². The van der Waals surface area contributed by atoms with Crippen LogP contribution < -0.4 is 9.05 Å². The van der Waals surface area contributed by atoms with Crippen LogP contribution in [0.3, 0.4) is 0 Å². The van der Waals surface area contributed by atoms with Crippen LogP contribution in [-0.4, -0.2) is 38.6 Å². The van der Waals surface area contributed by atoms with Crippen molar-refractivity contribution in [3.63, 3.8) is 0 Å². The first-order valence-corrected chi connectivity index (χ1v) is 25.0. The van der Waals surface area contributed by atoms with Crippen molar-refractivity contribution in [3.05, 3.63) is 68.8 Å². The number of carbonyl (C=O) groups is 2. The molecule has 0 aromatic heterocycles. The molecule has 2 rings (SSSR count). The molecule has 0 bridgehead atoms. The lowest BCUT2D eigenvalue weighted by atomic mass is 9.94. The molecule has 2 aromatic carbocycles. The van der Waals surface area contributed by atoms with Crippen LogP contribution in [0.2, 0.25) is 0 Å². The van der Waals surface area contributed by atoms with E-state index in [2.05, 4.69) is 0 Å². The van der Waals surface area contributed by atoms with Gasteiger partial charge in [-0.15, -0.1) is 0 Å². The van der Waals surface area contributed by atoms with Crippen LogP contribution in [0.1, 0.15) is 199 Å². The van der Waals surface area contributed by atoms with Crippen LogP contribution in [0.5, 0.6) is 11.5 Å². The van der Waals surface area contributed by atoms with Crippen molar-refractivity contribution in [2.45, 2.75) is 199 Å². The maximum Gasteiger partial charge on any atom is 0.587 e. The highest BCUT2D eigenvalue weighted by Crippen LogP contribution is 2.50. The number of hydrogen-bond donors (Lipinski definition) is 2. The zero-order chi connectivity index (χ0) is 45.1. The minimum absolute atomic E-state index is 0.0651. The summed E-state index contributed by atoms with van der Waals surface area (Å²) in [6.07, 6.45) is 32.9. The largest absolute Gasteiger partial charge is 0.587 e. The topological polar surface area (TPSA) is 206 Å². The number of rotatable bonds is 42. The van der Waals surface area contributed by atoms with E-state index in [9.17, 15) is 34.4 Å². The number of phosphoric acid groups is 1. The zero-order valence-electron chi connectivity index (χ0n) is 37.1. The first-order chi connectivity index (χ1) is 30.0. The Bertz CT molecular complexity index is 1490. The van der Waals surface area contributed by atoms with Gasteiger partial charge in [-0.25, -0.2) is 4.57 Å². The first kappa shape index (κ1) is 54.1. The van der Waals surface area contributed by atoms with E-state index in [1.807, 2.05) is 0 Å². The van der Waals surface area contributed by atoms with Crippen molar-refractivity contribution in [2.75, 3.05) is 6.61 Å². The minimum Gasteiger partial charge on any atom is -0.481 e. The number of aliphatic carboxylic acids is 2. The molecule has 0 aliphatic rings. The second kappa shape index (κ2) is 34.5. The molecular weight excluding hydrogens is 815 g/mol. The molecule has 0 saturated heterocycles. The van der Waals surface area contributed by atoms with Gasteiger partial charge in [-0.1, -0.05) is 161 Å². The molecule has 0 saturated carbocycles. The summed E-state index contributed by atoms with van der Waals surface area (Å²) >= 11 is 0. The summed E-state index contributed by atoms with van der Waals surface area (Å²) in [6.45, 7) is 0.124. The minimum atomic E-state index is -4.33. The van der Waals surface area contributed by atoms with Crippen molar-refractivity contribution in [3.8, 4) is 11.5 Å². The van der Waals surface area contributed by atoms with Gasteiger partial charge in [0.1, 0.15) is 11.5 Å². The molecular formula is C47H75N2O12P. The maximum absolute atomic E-state index is 14.2. The lowest BCUT2D eigenvalue weighted by molar-refractivity contribution is -0.385. The molecule has 0 spiro atoms. The fourth-order valence-electron chi connectivity index (χ4n) is 7.58. The molecule has 15 heteroatoms. The molecule has 0 amide bonds. The third kappa shape index (κ3) is 28.5. The van der Waals surface area contributed by atoms with Gasteiger partial charge in [0.2, 0.25) is 0 Å². The monoisotopic (exact) mass is 891 g/mol. The van der Waals surface area contributed by atoms with E-state index < -0.39 is 29.6 Å². The lowest BCUT2D eigenvalue weighted by Gasteiger charge is -2.22. The third-order valence-electron chi connectivity index (χ3n) is 11.3. The molecule has 350 valence electrons. The SMILES string of the molecule is O=C(O)CCCCCCCCCCCCCCCCC(CCCCCCCCCCCCCCCC(=O)O)COP(=O)(Oc1ccc([N+](=O)[O-])cc1)Oc1ccc([N+](=O)[O-])cc1. The summed E-state index contributed by atoms with van der Waals surface area (Å²) in [6, 6.07) is 10.3. The summed E-state index contributed by atoms with van der Waals surface area (Å²) in [5.74, 6) is -1.19. The van der Waals surface area contributed by atoms with Crippen LogP contribution in [0.25, 0.3) is 0 Å². The molecule has 1 atom stereocenters. The zero-order valence-corrected chi connectivity index (χ0v) is 38.0. The quantitative estimate of drug-likeness (QED) is 0.0276. The van der Waals surface area contributed by atoms with E-state index in [-0.39, 0.29) is 48.2 Å². The summed E-state index contributed by atoms with van der Waals surface area (Å²) in [4.78, 5) is 42.6. The summed E-state index contributed by atoms with van der Waals surface area (Å²) < 4.78 is 31.7. The van der Waals surface area contributed by atoms with Gasteiger partial charge in [-0.3, -0.25) is 34.3 Å². The number of nitro benzene ring substituents is 2. The Morgan fingerprint density at radius 2 is 0.726 bits per heavy atom. The molecule has 62 heavy (non-hydrogen) atoms. The number of nitrogens with zero attached hydrogens (tertiary/aromatic N) is 2. The van der Waals surface area contributed by atoms with Crippen molar-refractivity contribution in [2.24, 2.45) is 5.92 Å². The van der Waals surface area contributed by atoms with Crippen molar-refractivity contribution in [1.82, 2.24) is 0 Å². The number of unbranched alkanes of at least 4 members (excludes halogenated alkanes) is 25. The Morgan fingerprint density at radius 1 is 0.468 bits per heavy atom. The summed E-state index contributed by atoms with van der Waals surface area (Å²) in [5, 5.41) is 39.9. The highest BCUT2D eigenvalue weighted by molar-refractivity contribution is 7.49. The second-order valence-corrected chi connectivity index (χ2v) is 18.2. The van der Waals surface area contributed by atoms with Gasteiger partial charge in [0.25, 0.3) is 11.4 Å². The predicted molar refractivity (Wildman–Crippen MR) is 243 cm³/mol. The summed E-state index contributed by atoms with van der Waals surface area (Å²) in [5.41, 5.74) is -0.310. The van der Waals surface area contributed by atoms with E-state index in [0.717, 1.165) is 89.9 Å². The Balaban J connectivity index is 1.84. The van der Waals surface area contributed by atoms with Gasteiger partial charge in [0, 0.05) is 37.1 Å². The van der Waals surface area contributed by atoms with Gasteiger partial charge in [0.05, 0.1) is 16.5 Å². The number of non-ortho nitro benzene ring substituents is 2. The van der Waals surface area contributed by atoms with Crippen LogP contribution >= 0.6 is 7.82 Å². The van der Waals surface area contributed by atoms with E-state index in [1.165, 1.54) is 145 Å². The Labute approximate surface area is 369 Å². The Hall–Kier alpha value is -4.03. The van der Waals surface area contributed by atoms with Crippen LogP contribution in [-0.2, 0) is 18.7 Å². The van der Waals surface area contributed by atoms with E-state index >= 15 is 0 Å². The Morgan fingerprint density at radius 3 is 0.984 bits per heavy atom. The van der Waals surface area contributed by atoms with Crippen molar-refractivity contribution < 1.29 is 47.8 Å². The van der Waals surface area contributed by atoms with Gasteiger partial charge in [-0.05, 0) is 55.9 Å². The number of carboxylic acid groups (broad SMARTS) is 2. The molecule has 2 aromatic rings. The number of phosphoric ester groups is 1. The van der Waals surface area contributed by atoms with Crippen LogP contribution in [0, 0.1) is 26.1 Å². The fraction of sp³-hybridized carbons (Fsp3) is 0.702. The van der Waals surface area contributed by atoms with Crippen molar-refractivity contribution >= 4 is 31.1 Å². The second-order valence-electron chi connectivity index (χ2n) is 16.7. The standard InChI is InChI=1S/C47H75N2O12P/c50-46(51)30-26-22-18-14-10-6-2-1-4-8-12-16-20-24-28-41(29-25-21-17-13-9-5-3-7-11-15-19-23-27-31-47(52)53)40-59-62(58,60-44-36-32-42(33-37-44)48(54)55)61-45-38-34-43(35-39-45)49(56)57/h32-39,41H,1-31,40H2,(H,50,51)(H,52,53). The molecule has 1 unspecified atom stereocenters. The van der Waals surface area contributed by atoms with Crippen molar-refractivity contribution in [1.29, 1.82) is 0 Å². The molecule has 0 radical (unpaired) electrons. The third-order valence-corrected chi connectivity index (χ3v) is 12.6. The molecule has 0 fully saturated rings. The van der Waals surface area contributed by atoms with Crippen LogP contribution in [0.15, 0.2) is 48.5 Å². The van der Waals surface area contributed by atoms with Gasteiger partial charge < -0.3 is 19.3 Å². The summed E-state index contributed by atoms with van der Waals surface area (Å²) in [7, 11) is -4.33. The highest BCUT2D eigenvalue weighted by atomic mass is 31.2. The van der Waals surface area contributed by atoms with Gasteiger partial charge in [-0.2, -0.15) is 0 Å².